The molecule has 6 heteroatoms. The summed E-state index contributed by atoms with van der Waals surface area (Å²) in [7, 11) is 0. The van der Waals surface area contributed by atoms with Gasteiger partial charge in [0.25, 0.3) is 0 Å². The lowest BCUT2D eigenvalue weighted by molar-refractivity contribution is 0.0696. The van der Waals surface area contributed by atoms with Gasteiger partial charge in [-0.2, -0.15) is 5.10 Å². The van der Waals surface area contributed by atoms with Gasteiger partial charge in [-0.3, -0.25) is 10.00 Å². The molecular weight excluding hydrogens is 294 g/mol. The van der Waals surface area contributed by atoms with Crippen LogP contribution in [0, 0.1) is 12.8 Å². The number of carboxylic acids is 1. The van der Waals surface area contributed by atoms with Gasteiger partial charge in [-0.15, -0.1) is 0 Å². The monoisotopic (exact) mass is 315 g/mol. The van der Waals surface area contributed by atoms with Gasteiger partial charge in [0.15, 0.2) is 0 Å². The Hall–Kier alpha value is -2.18. The molecule has 1 aliphatic heterocycles. The van der Waals surface area contributed by atoms with Gasteiger partial charge in [0.05, 0.1) is 17.4 Å². The van der Waals surface area contributed by atoms with Gasteiger partial charge in [0, 0.05) is 31.2 Å². The third-order valence-electron chi connectivity index (χ3n) is 4.29. The van der Waals surface area contributed by atoms with E-state index in [0.29, 0.717) is 18.7 Å². The Morgan fingerprint density at radius 1 is 1.39 bits per heavy atom. The molecule has 1 fully saturated rings. The van der Waals surface area contributed by atoms with Crippen LogP contribution in [0.15, 0.2) is 30.3 Å². The minimum atomic E-state index is -0.917. The average molecular weight is 315 g/mol. The predicted molar refractivity (Wildman–Crippen MR) is 85.2 cm³/mol. The number of aliphatic hydroxyl groups excluding tert-OH is 1. The van der Waals surface area contributed by atoms with Crippen molar-refractivity contribution in [1.82, 2.24) is 15.1 Å². The van der Waals surface area contributed by atoms with Crippen molar-refractivity contribution in [2.24, 2.45) is 5.92 Å². The summed E-state index contributed by atoms with van der Waals surface area (Å²) in [5.74, 6) is -0.763. The molecule has 1 aromatic heterocycles. The Labute approximate surface area is 134 Å². The van der Waals surface area contributed by atoms with Crippen molar-refractivity contribution in [3.63, 3.8) is 0 Å². The fraction of sp³-hybridized carbons (Fsp3) is 0.412. The number of carbonyl (C=O) groups is 1. The summed E-state index contributed by atoms with van der Waals surface area (Å²) in [5, 5.41) is 26.5. The Morgan fingerprint density at radius 3 is 2.91 bits per heavy atom. The topological polar surface area (TPSA) is 89.5 Å². The maximum atomic E-state index is 11.0. The molecule has 2 heterocycles. The summed E-state index contributed by atoms with van der Waals surface area (Å²) in [6.07, 6.45) is 0.367. The number of aromatic carboxylic acids is 1. The Morgan fingerprint density at radius 2 is 2.22 bits per heavy atom. The molecule has 23 heavy (non-hydrogen) atoms. The van der Waals surface area contributed by atoms with E-state index in [0.717, 1.165) is 29.9 Å². The number of aryl methyl sites for hydroxylation is 1. The molecule has 0 radical (unpaired) electrons. The van der Waals surface area contributed by atoms with E-state index in [-0.39, 0.29) is 12.0 Å². The SMILES string of the molecule is Cc1cc(C[C@@H]2CN(Cc3cccc(C(=O)O)c3)C[C@H]2O)n[nH]1. The minimum absolute atomic E-state index is 0.153. The number of hydrogen-bond donors (Lipinski definition) is 3. The average Bonchev–Trinajstić information content (AvgIpc) is 3.06. The third-order valence-corrected chi connectivity index (χ3v) is 4.29. The van der Waals surface area contributed by atoms with Crippen LogP contribution in [0.1, 0.15) is 27.3 Å². The molecule has 3 N–H and O–H groups in total. The molecule has 2 atom stereocenters. The van der Waals surface area contributed by atoms with E-state index in [1.807, 2.05) is 19.1 Å². The summed E-state index contributed by atoms with van der Waals surface area (Å²) in [6.45, 7) is 3.99. The van der Waals surface area contributed by atoms with Crippen molar-refractivity contribution in [2.45, 2.75) is 26.0 Å². The summed E-state index contributed by atoms with van der Waals surface area (Å²) >= 11 is 0. The number of hydrogen-bond acceptors (Lipinski definition) is 4. The highest BCUT2D eigenvalue weighted by Crippen LogP contribution is 2.23. The molecule has 6 nitrogen and oxygen atoms in total. The van der Waals surface area contributed by atoms with Gasteiger partial charge in [-0.1, -0.05) is 12.1 Å². The third kappa shape index (κ3) is 3.78. The lowest BCUT2D eigenvalue weighted by Crippen LogP contribution is -2.21. The highest BCUT2D eigenvalue weighted by Gasteiger charge is 2.31. The van der Waals surface area contributed by atoms with Gasteiger partial charge in [-0.25, -0.2) is 4.79 Å². The summed E-state index contributed by atoms with van der Waals surface area (Å²) in [6, 6.07) is 8.97. The maximum absolute atomic E-state index is 11.0. The number of rotatable bonds is 5. The number of β-amino-alcohol motifs (C(OH)–C–C–N with tert-alkyl or cyclic N) is 1. The predicted octanol–water partition coefficient (Wildman–Crippen LogP) is 1.45. The van der Waals surface area contributed by atoms with Crippen molar-refractivity contribution >= 4 is 5.97 Å². The molecule has 1 saturated heterocycles. The Bertz CT molecular complexity index is 698. The Balaban J connectivity index is 1.62. The van der Waals surface area contributed by atoms with Crippen molar-refractivity contribution in [2.75, 3.05) is 13.1 Å². The van der Waals surface area contributed by atoms with Crippen LogP contribution in [0.5, 0.6) is 0 Å². The number of aromatic nitrogens is 2. The number of likely N-dealkylation sites (tertiary alicyclic amines) is 1. The molecule has 1 aliphatic rings. The molecule has 0 amide bonds. The quantitative estimate of drug-likeness (QED) is 0.777. The first-order valence-corrected chi connectivity index (χ1v) is 7.75. The molecule has 0 aliphatic carbocycles. The molecule has 0 saturated carbocycles. The molecule has 1 aromatic carbocycles. The van der Waals surface area contributed by atoms with Gasteiger partial charge in [0.2, 0.25) is 0 Å². The van der Waals surface area contributed by atoms with Gasteiger partial charge >= 0.3 is 5.97 Å². The van der Waals surface area contributed by atoms with Crippen molar-refractivity contribution in [3.8, 4) is 0 Å². The number of aliphatic hydroxyl groups is 1. The van der Waals surface area contributed by atoms with Crippen LogP contribution in [0.2, 0.25) is 0 Å². The summed E-state index contributed by atoms with van der Waals surface area (Å²) in [5.41, 5.74) is 3.25. The zero-order valence-electron chi connectivity index (χ0n) is 13.1. The van der Waals surface area contributed by atoms with Crippen LogP contribution in [-0.2, 0) is 13.0 Å². The molecule has 3 rings (SSSR count). The number of aromatic amines is 1. The van der Waals surface area contributed by atoms with E-state index in [4.69, 9.17) is 5.11 Å². The summed E-state index contributed by atoms with van der Waals surface area (Å²) < 4.78 is 0. The second-order valence-corrected chi connectivity index (χ2v) is 6.27. The highest BCUT2D eigenvalue weighted by atomic mass is 16.4. The summed E-state index contributed by atoms with van der Waals surface area (Å²) in [4.78, 5) is 13.2. The Kier molecular flexibility index (Phi) is 4.45. The largest absolute Gasteiger partial charge is 0.478 e. The number of H-pyrrole nitrogens is 1. The lowest BCUT2D eigenvalue weighted by atomic mass is 10.0. The van der Waals surface area contributed by atoms with Crippen molar-refractivity contribution in [1.29, 1.82) is 0 Å². The molecule has 0 unspecified atom stereocenters. The van der Waals surface area contributed by atoms with Crippen LogP contribution >= 0.6 is 0 Å². The number of benzene rings is 1. The van der Waals surface area contributed by atoms with Crippen LogP contribution < -0.4 is 0 Å². The van der Waals surface area contributed by atoms with E-state index >= 15 is 0 Å². The molecule has 122 valence electrons. The first kappa shape index (κ1) is 15.7. The zero-order chi connectivity index (χ0) is 16.4. The fourth-order valence-electron chi connectivity index (χ4n) is 3.18. The molecule has 0 spiro atoms. The molecule has 2 aromatic rings. The van der Waals surface area contributed by atoms with Crippen molar-refractivity contribution in [3.05, 3.63) is 52.8 Å². The second-order valence-electron chi connectivity index (χ2n) is 6.27. The first-order valence-electron chi connectivity index (χ1n) is 7.75. The number of nitrogens with one attached hydrogen (secondary N) is 1. The number of nitrogens with zero attached hydrogens (tertiary/aromatic N) is 2. The van der Waals surface area contributed by atoms with E-state index in [1.54, 1.807) is 18.2 Å². The second kappa shape index (κ2) is 6.52. The minimum Gasteiger partial charge on any atom is -0.478 e. The van der Waals surface area contributed by atoms with Gasteiger partial charge in [0.1, 0.15) is 0 Å². The number of carboxylic acid groups (broad SMARTS) is 1. The van der Waals surface area contributed by atoms with Gasteiger partial charge < -0.3 is 10.2 Å². The van der Waals surface area contributed by atoms with Crippen LogP contribution in [0.3, 0.4) is 0 Å². The fourth-order valence-corrected chi connectivity index (χ4v) is 3.18. The lowest BCUT2D eigenvalue weighted by Gasteiger charge is -2.15. The zero-order valence-corrected chi connectivity index (χ0v) is 13.1. The smallest absolute Gasteiger partial charge is 0.335 e. The normalized spacial score (nSPS) is 21.7. The van der Waals surface area contributed by atoms with E-state index in [1.165, 1.54) is 0 Å². The maximum Gasteiger partial charge on any atom is 0.335 e. The van der Waals surface area contributed by atoms with E-state index in [2.05, 4.69) is 15.1 Å². The molecule has 0 bridgehead atoms. The van der Waals surface area contributed by atoms with Crippen LogP contribution in [-0.4, -0.2) is 50.5 Å². The van der Waals surface area contributed by atoms with Crippen molar-refractivity contribution < 1.29 is 15.0 Å². The van der Waals surface area contributed by atoms with Crippen LogP contribution in [0.25, 0.3) is 0 Å². The van der Waals surface area contributed by atoms with E-state index < -0.39 is 5.97 Å². The van der Waals surface area contributed by atoms with Crippen LogP contribution in [0.4, 0.5) is 0 Å². The molecular formula is C17H21N3O3. The first-order chi connectivity index (χ1) is 11.0. The standard InChI is InChI=1S/C17H21N3O3/c1-11-5-15(19-18-11)7-14-9-20(10-16(14)21)8-12-3-2-4-13(6-12)17(22)23/h2-6,14,16,21H,7-10H2,1H3,(H,18,19)(H,22,23)/t14-,16-/m1/s1. The van der Waals surface area contributed by atoms with E-state index in [9.17, 15) is 9.90 Å². The highest BCUT2D eigenvalue weighted by molar-refractivity contribution is 5.87. The van der Waals surface area contributed by atoms with Gasteiger partial charge in [-0.05, 0) is 37.1 Å².